The molecule has 274 valence electrons. The highest BCUT2D eigenvalue weighted by molar-refractivity contribution is 6.10. The molecule has 0 saturated heterocycles. The molecular formula is C56H40N2. The van der Waals surface area contributed by atoms with Crippen molar-refractivity contribution in [2.45, 2.75) is 0 Å². The summed E-state index contributed by atoms with van der Waals surface area (Å²) in [6.45, 7) is 0. The van der Waals surface area contributed by atoms with E-state index < -0.39 is 0 Å². The van der Waals surface area contributed by atoms with Crippen molar-refractivity contribution in [3.05, 3.63) is 265 Å². The van der Waals surface area contributed by atoms with Gasteiger partial charge in [0.15, 0.2) is 0 Å². The van der Waals surface area contributed by atoms with Gasteiger partial charge in [-0.2, -0.15) is 0 Å². The summed E-state index contributed by atoms with van der Waals surface area (Å²) in [7, 11) is 0. The molecule has 10 rings (SSSR count). The Morgan fingerprint density at radius 3 is 1.36 bits per heavy atom. The zero-order valence-electron chi connectivity index (χ0n) is 32.0. The Balaban J connectivity index is 1.21. The van der Waals surface area contributed by atoms with E-state index in [4.69, 9.17) is 0 Å². The largest absolute Gasteiger partial charge is 0.310 e. The summed E-state index contributed by atoms with van der Waals surface area (Å²) >= 11 is 0. The number of rotatable bonds is 9. The molecule has 0 amide bonds. The predicted octanol–water partition coefficient (Wildman–Crippen LogP) is 14.9. The number of nitrogens with zero attached hydrogens (tertiary/aromatic N) is 2. The van der Waals surface area contributed by atoms with Gasteiger partial charge in [-0.25, -0.2) is 0 Å². The van der Waals surface area contributed by atoms with E-state index in [0.717, 1.165) is 39.4 Å². The van der Waals surface area contributed by atoms with E-state index in [0.29, 0.717) is 0 Å². The summed E-state index contributed by atoms with van der Waals surface area (Å²) in [4.78, 5) is 2.40. The van der Waals surface area contributed by atoms with Crippen LogP contribution in [0.5, 0.6) is 0 Å². The van der Waals surface area contributed by atoms with Gasteiger partial charge in [0.1, 0.15) is 0 Å². The minimum atomic E-state index is 1.07. The fourth-order valence-electron chi connectivity index (χ4n) is 8.36. The van der Waals surface area contributed by atoms with E-state index >= 15 is 0 Å². The lowest BCUT2D eigenvalue weighted by Gasteiger charge is -2.27. The van der Waals surface area contributed by atoms with Gasteiger partial charge in [-0.1, -0.05) is 188 Å². The second-order valence-electron chi connectivity index (χ2n) is 14.5. The number of benzene rings is 9. The van der Waals surface area contributed by atoms with Crippen molar-refractivity contribution in [1.82, 2.24) is 4.57 Å². The fraction of sp³-hybridized carbons (Fsp3) is 0. The van der Waals surface area contributed by atoms with Crippen LogP contribution in [0.3, 0.4) is 0 Å². The van der Waals surface area contributed by atoms with Crippen LogP contribution in [0.25, 0.3) is 49.8 Å². The van der Waals surface area contributed by atoms with Gasteiger partial charge in [0.25, 0.3) is 0 Å². The van der Waals surface area contributed by atoms with Gasteiger partial charge in [-0.05, 0) is 99.1 Å². The quantitative estimate of drug-likeness (QED) is 0.134. The molecule has 58 heavy (non-hydrogen) atoms. The van der Waals surface area contributed by atoms with E-state index in [2.05, 4.69) is 252 Å². The molecule has 0 aliphatic carbocycles. The molecule has 1 heterocycles. The van der Waals surface area contributed by atoms with Crippen molar-refractivity contribution in [3.8, 4) is 16.8 Å². The molecule has 0 aliphatic rings. The van der Waals surface area contributed by atoms with Crippen LogP contribution in [0.15, 0.2) is 243 Å². The number of fused-ring (bicyclic) bond motifs is 3. The van der Waals surface area contributed by atoms with Crippen LogP contribution in [0, 0.1) is 0 Å². The molecule has 0 unspecified atom stereocenters. The molecule has 0 fully saturated rings. The van der Waals surface area contributed by atoms with E-state index in [1.807, 2.05) is 0 Å². The average Bonchev–Trinajstić information content (AvgIpc) is 3.64. The molecule has 2 heteroatoms. The van der Waals surface area contributed by atoms with Gasteiger partial charge in [-0.15, -0.1) is 0 Å². The molecule has 0 N–H and O–H groups in total. The Morgan fingerprint density at radius 1 is 0.293 bits per heavy atom. The van der Waals surface area contributed by atoms with Crippen LogP contribution in [0.2, 0.25) is 0 Å². The first-order valence-corrected chi connectivity index (χ1v) is 19.9. The Hall–Kier alpha value is -7.68. The maximum atomic E-state index is 2.40. The van der Waals surface area contributed by atoms with Crippen molar-refractivity contribution < 1.29 is 0 Å². The molecule has 2 nitrogen and oxygen atoms in total. The van der Waals surface area contributed by atoms with Gasteiger partial charge >= 0.3 is 0 Å². The molecule has 0 radical (unpaired) electrons. The van der Waals surface area contributed by atoms with Gasteiger partial charge in [0.05, 0.1) is 11.0 Å². The minimum Gasteiger partial charge on any atom is -0.310 e. The van der Waals surface area contributed by atoms with Gasteiger partial charge in [-0.3, -0.25) is 0 Å². The smallest absolute Gasteiger partial charge is 0.0561 e. The van der Waals surface area contributed by atoms with Gasteiger partial charge in [0.2, 0.25) is 0 Å². The maximum Gasteiger partial charge on any atom is 0.0561 e. The monoisotopic (exact) mass is 740 g/mol. The van der Waals surface area contributed by atoms with Crippen LogP contribution in [-0.4, -0.2) is 4.57 Å². The lowest BCUT2D eigenvalue weighted by Crippen LogP contribution is -2.10. The summed E-state index contributed by atoms with van der Waals surface area (Å²) in [6.07, 6.45) is 0. The first-order valence-electron chi connectivity index (χ1n) is 19.9. The summed E-state index contributed by atoms with van der Waals surface area (Å²) in [5.74, 6) is 0. The lowest BCUT2D eigenvalue weighted by molar-refractivity contribution is 1.18. The molecule has 0 atom stereocenters. The fourth-order valence-corrected chi connectivity index (χ4v) is 8.36. The van der Waals surface area contributed by atoms with E-state index in [1.165, 1.54) is 49.7 Å². The van der Waals surface area contributed by atoms with Gasteiger partial charge in [0, 0.05) is 33.5 Å². The van der Waals surface area contributed by atoms with E-state index in [-0.39, 0.29) is 0 Å². The minimum absolute atomic E-state index is 1.07. The third kappa shape index (κ3) is 6.57. The van der Waals surface area contributed by atoms with Crippen LogP contribution >= 0.6 is 0 Å². The second-order valence-corrected chi connectivity index (χ2v) is 14.5. The highest BCUT2D eigenvalue weighted by Crippen LogP contribution is 2.43. The predicted molar refractivity (Wildman–Crippen MR) is 245 cm³/mol. The van der Waals surface area contributed by atoms with Gasteiger partial charge < -0.3 is 9.47 Å². The normalized spacial score (nSPS) is 11.1. The number of anilines is 3. The Labute approximate surface area is 339 Å². The molecule has 9 aromatic carbocycles. The van der Waals surface area contributed by atoms with Crippen molar-refractivity contribution in [2.75, 3.05) is 4.90 Å². The Morgan fingerprint density at radius 2 is 0.741 bits per heavy atom. The maximum absolute atomic E-state index is 2.40. The lowest BCUT2D eigenvalue weighted by atomic mass is 9.85. The first kappa shape index (κ1) is 34.8. The second kappa shape index (κ2) is 15.5. The topological polar surface area (TPSA) is 8.17 Å². The number of para-hydroxylation sites is 2. The zero-order valence-corrected chi connectivity index (χ0v) is 32.0. The highest BCUT2D eigenvalue weighted by atomic mass is 15.1. The number of aromatic nitrogens is 1. The molecule has 1 aromatic heterocycles. The van der Waals surface area contributed by atoms with Crippen LogP contribution < -0.4 is 4.90 Å². The molecule has 0 spiro atoms. The van der Waals surface area contributed by atoms with Crippen molar-refractivity contribution >= 4 is 50.0 Å². The Bertz CT molecular complexity index is 2960. The van der Waals surface area contributed by atoms with E-state index in [9.17, 15) is 0 Å². The number of hydrogen-bond donors (Lipinski definition) is 0. The third-order valence-corrected chi connectivity index (χ3v) is 11.0. The zero-order chi connectivity index (χ0) is 38.7. The summed E-state index contributed by atoms with van der Waals surface area (Å²) in [5, 5.41) is 2.46. The summed E-state index contributed by atoms with van der Waals surface area (Å²) in [5.41, 5.74) is 16.1. The molecular weight excluding hydrogens is 701 g/mol. The SMILES string of the molecule is c1ccc(C(=C(c2ccccc2)c2cccc(N(c3ccc(-c4ccccc4)cc3)c3ccc4c5ccccc5n(-c5ccccc5)c4c3)c2)c2ccccc2)cc1. The third-order valence-electron chi connectivity index (χ3n) is 11.0. The molecule has 10 aromatic rings. The molecule has 0 aliphatic heterocycles. The van der Waals surface area contributed by atoms with Crippen molar-refractivity contribution in [2.24, 2.45) is 0 Å². The Kier molecular flexibility index (Phi) is 9.27. The van der Waals surface area contributed by atoms with Crippen LogP contribution in [-0.2, 0) is 0 Å². The molecule has 0 bridgehead atoms. The first-order chi connectivity index (χ1) is 28.8. The van der Waals surface area contributed by atoms with Crippen molar-refractivity contribution in [3.63, 3.8) is 0 Å². The summed E-state index contributed by atoms with van der Waals surface area (Å²) < 4.78 is 2.39. The number of hydrogen-bond acceptors (Lipinski definition) is 1. The van der Waals surface area contributed by atoms with E-state index in [1.54, 1.807) is 0 Å². The van der Waals surface area contributed by atoms with Crippen LogP contribution in [0.4, 0.5) is 17.1 Å². The van der Waals surface area contributed by atoms with Crippen LogP contribution in [0.1, 0.15) is 22.3 Å². The standard InChI is InChI=1S/C56H40N2/c1-6-19-41(20-7-1)42-33-35-48(36-34-42)57(50-37-38-52-51-31-16-17-32-53(51)58(54(52)40-50)47-28-14-5-15-29-47)49-30-18-27-46(39-49)56(45-25-12-4-13-26-45)55(43-21-8-2-9-22-43)44-23-10-3-11-24-44/h1-40H. The van der Waals surface area contributed by atoms with Crippen molar-refractivity contribution in [1.29, 1.82) is 0 Å². The summed E-state index contributed by atoms with van der Waals surface area (Å²) in [6, 6.07) is 87.3. The average molecular weight is 741 g/mol. The molecule has 0 saturated carbocycles. The highest BCUT2D eigenvalue weighted by Gasteiger charge is 2.21.